The largest absolute Gasteiger partial charge is 0.481 e. The van der Waals surface area contributed by atoms with E-state index >= 15 is 0 Å². The minimum absolute atomic E-state index is 0.383. The van der Waals surface area contributed by atoms with Gasteiger partial charge in [-0.25, -0.2) is 0 Å². The molecule has 0 fully saturated rings. The fourth-order valence-corrected chi connectivity index (χ4v) is 0.743. The molecule has 0 heterocycles. The van der Waals surface area contributed by atoms with Gasteiger partial charge < -0.3 is 4.74 Å². The van der Waals surface area contributed by atoms with Crippen LogP contribution in [0.4, 0.5) is 0 Å². The molecule has 0 radical (unpaired) electrons. The lowest BCUT2D eigenvalue weighted by Gasteiger charge is -2.02. The molecule has 0 bridgehead atoms. The van der Waals surface area contributed by atoms with Crippen molar-refractivity contribution in [3.8, 4) is 0 Å². The normalized spacial score (nSPS) is 9.11. The van der Waals surface area contributed by atoms with E-state index in [1.54, 1.807) is 0 Å². The fraction of sp³-hybridized carbons (Fsp3) is 0.833. The third-order valence-corrected chi connectivity index (χ3v) is 1.20. The number of hydrogen-bond donors (Lipinski definition) is 1. The molecular formula is C6H12BrNO. The van der Waals surface area contributed by atoms with Crippen LogP contribution in [0, 0.1) is 5.41 Å². The van der Waals surface area contributed by atoms with Crippen molar-refractivity contribution in [3.63, 3.8) is 0 Å². The molecule has 3 heteroatoms. The first-order valence-electron chi connectivity index (χ1n) is 3.07. The summed E-state index contributed by atoms with van der Waals surface area (Å²) in [5, 5.41) is 7.95. The quantitative estimate of drug-likeness (QED) is 0.415. The Morgan fingerprint density at radius 2 is 2.33 bits per heavy atom. The smallest absolute Gasteiger partial charge is 0.181 e. The van der Waals surface area contributed by atoms with Crippen molar-refractivity contribution in [3.05, 3.63) is 0 Å². The molecule has 0 aromatic rings. The van der Waals surface area contributed by atoms with Crippen LogP contribution in [0.15, 0.2) is 0 Å². The van der Waals surface area contributed by atoms with E-state index in [1.807, 2.05) is 6.92 Å². The second kappa shape index (κ2) is 6.08. The highest BCUT2D eigenvalue weighted by atomic mass is 79.9. The van der Waals surface area contributed by atoms with E-state index in [0.29, 0.717) is 18.9 Å². The molecule has 0 aromatic heterocycles. The maximum atomic E-state index is 7.14. The van der Waals surface area contributed by atoms with Crippen LogP contribution in [0.2, 0.25) is 0 Å². The first-order valence-corrected chi connectivity index (χ1v) is 4.19. The maximum absolute atomic E-state index is 7.14. The van der Waals surface area contributed by atoms with E-state index in [4.69, 9.17) is 10.1 Å². The van der Waals surface area contributed by atoms with Gasteiger partial charge in [0.2, 0.25) is 0 Å². The lowest BCUT2D eigenvalue weighted by Crippen LogP contribution is -2.03. The van der Waals surface area contributed by atoms with Gasteiger partial charge in [-0.2, -0.15) is 0 Å². The molecule has 0 rings (SSSR count). The molecule has 0 amide bonds. The van der Waals surface area contributed by atoms with Crippen molar-refractivity contribution in [2.45, 2.75) is 19.8 Å². The second-order valence-corrected chi connectivity index (χ2v) is 2.50. The van der Waals surface area contributed by atoms with E-state index in [2.05, 4.69) is 15.9 Å². The maximum Gasteiger partial charge on any atom is 0.181 e. The summed E-state index contributed by atoms with van der Waals surface area (Å²) in [5.74, 6) is 0.383. The zero-order valence-corrected chi connectivity index (χ0v) is 7.20. The van der Waals surface area contributed by atoms with Crippen molar-refractivity contribution >= 4 is 21.8 Å². The van der Waals surface area contributed by atoms with E-state index in [9.17, 15) is 0 Å². The average Bonchev–Trinajstić information content (AvgIpc) is 1.85. The minimum atomic E-state index is 0.383. The molecule has 0 saturated heterocycles. The van der Waals surface area contributed by atoms with Gasteiger partial charge in [0.25, 0.3) is 0 Å². The van der Waals surface area contributed by atoms with Crippen molar-refractivity contribution in [1.82, 2.24) is 0 Å². The van der Waals surface area contributed by atoms with Crippen LogP contribution in [0.1, 0.15) is 19.8 Å². The first kappa shape index (κ1) is 8.95. The Kier molecular flexibility index (Phi) is 6.04. The number of ether oxygens (including phenoxy) is 1. The van der Waals surface area contributed by atoms with Crippen LogP contribution in [-0.2, 0) is 4.74 Å². The zero-order chi connectivity index (χ0) is 7.11. The molecular weight excluding hydrogens is 182 g/mol. The third-order valence-electron chi connectivity index (χ3n) is 0.802. The van der Waals surface area contributed by atoms with Crippen molar-refractivity contribution in [2.24, 2.45) is 0 Å². The molecule has 9 heavy (non-hydrogen) atoms. The standard InChI is InChI=1S/C6H12BrNO/c1-2-5-9-6(8)3-4-7/h8H,2-5H2,1H3. The molecule has 0 aliphatic carbocycles. The topological polar surface area (TPSA) is 33.1 Å². The number of hydrogen-bond acceptors (Lipinski definition) is 2. The highest BCUT2D eigenvalue weighted by molar-refractivity contribution is 9.09. The molecule has 0 unspecified atom stereocenters. The molecule has 2 nitrogen and oxygen atoms in total. The number of alkyl halides is 1. The summed E-state index contributed by atoms with van der Waals surface area (Å²) >= 11 is 3.22. The van der Waals surface area contributed by atoms with Crippen LogP contribution in [0.25, 0.3) is 0 Å². The third kappa shape index (κ3) is 5.83. The summed E-state index contributed by atoms with van der Waals surface area (Å²) in [6, 6.07) is 0. The summed E-state index contributed by atoms with van der Waals surface area (Å²) in [6.07, 6.45) is 1.67. The molecule has 0 aliphatic heterocycles. The second-order valence-electron chi connectivity index (χ2n) is 1.71. The van der Waals surface area contributed by atoms with Crippen LogP contribution < -0.4 is 0 Å². The Labute approximate surface area is 64.2 Å². The van der Waals surface area contributed by atoms with Crippen molar-refractivity contribution < 1.29 is 4.74 Å². The van der Waals surface area contributed by atoms with Gasteiger partial charge >= 0.3 is 0 Å². The minimum Gasteiger partial charge on any atom is -0.481 e. The Bertz CT molecular complexity index is 85.1. The molecule has 0 aliphatic rings. The summed E-state index contributed by atoms with van der Waals surface area (Å²) in [7, 11) is 0. The van der Waals surface area contributed by atoms with Gasteiger partial charge in [-0.05, 0) is 6.42 Å². The summed E-state index contributed by atoms with van der Waals surface area (Å²) in [5.41, 5.74) is 0. The highest BCUT2D eigenvalue weighted by Crippen LogP contribution is 1.92. The van der Waals surface area contributed by atoms with Crippen LogP contribution in [0.5, 0.6) is 0 Å². The van der Waals surface area contributed by atoms with Crippen LogP contribution in [-0.4, -0.2) is 17.8 Å². The first-order chi connectivity index (χ1) is 4.31. The van der Waals surface area contributed by atoms with Gasteiger partial charge in [0.1, 0.15) is 0 Å². The van der Waals surface area contributed by atoms with Gasteiger partial charge in [0.15, 0.2) is 5.90 Å². The lowest BCUT2D eigenvalue weighted by atomic mass is 10.5. The molecule has 0 saturated carbocycles. The van der Waals surface area contributed by atoms with E-state index in [1.165, 1.54) is 0 Å². The number of nitrogens with one attached hydrogen (secondary N) is 1. The van der Waals surface area contributed by atoms with Gasteiger partial charge in [0.05, 0.1) is 6.61 Å². The number of halogens is 1. The SMILES string of the molecule is CCCOC(=N)CCBr. The van der Waals surface area contributed by atoms with Gasteiger partial charge in [-0.1, -0.05) is 22.9 Å². The summed E-state index contributed by atoms with van der Waals surface area (Å²) < 4.78 is 4.98. The lowest BCUT2D eigenvalue weighted by molar-refractivity contribution is 0.294. The van der Waals surface area contributed by atoms with E-state index in [-0.39, 0.29) is 0 Å². The molecule has 0 atom stereocenters. The van der Waals surface area contributed by atoms with Crippen molar-refractivity contribution in [1.29, 1.82) is 5.41 Å². The van der Waals surface area contributed by atoms with Gasteiger partial charge in [-0.3, -0.25) is 5.41 Å². The van der Waals surface area contributed by atoms with Gasteiger partial charge in [-0.15, -0.1) is 0 Å². The fourth-order valence-electron chi connectivity index (χ4n) is 0.383. The Morgan fingerprint density at radius 1 is 1.67 bits per heavy atom. The molecule has 54 valence electrons. The Morgan fingerprint density at radius 3 is 2.78 bits per heavy atom. The molecule has 0 aromatic carbocycles. The van der Waals surface area contributed by atoms with E-state index < -0.39 is 0 Å². The Hall–Kier alpha value is -0.0500. The molecule has 1 N–H and O–H groups in total. The predicted molar refractivity (Wildman–Crippen MR) is 42.4 cm³/mol. The van der Waals surface area contributed by atoms with E-state index in [0.717, 1.165) is 11.8 Å². The van der Waals surface area contributed by atoms with Crippen molar-refractivity contribution in [2.75, 3.05) is 11.9 Å². The van der Waals surface area contributed by atoms with Crippen LogP contribution >= 0.6 is 15.9 Å². The zero-order valence-electron chi connectivity index (χ0n) is 5.61. The molecule has 0 spiro atoms. The number of rotatable bonds is 4. The van der Waals surface area contributed by atoms with Crippen LogP contribution in [0.3, 0.4) is 0 Å². The average molecular weight is 194 g/mol. The summed E-state index contributed by atoms with van der Waals surface area (Å²) in [4.78, 5) is 0. The Balaban J connectivity index is 3.06. The predicted octanol–water partition coefficient (Wildman–Crippen LogP) is 2.18. The van der Waals surface area contributed by atoms with Gasteiger partial charge in [0, 0.05) is 11.8 Å². The highest BCUT2D eigenvalue weighted by Gasteiger charge is 1.92. The monoisotopic (exact) mass is 193 g/mol. The summed E-state index contributed by atoms with van der Waals surface area (Å²) in [6.45, 7) is 2.70.